The maximum Gasteiger partial charge on any atom is 0.197 e. The number of rotatable bonds is 6. The number of hydrogen-bond acceptors (Lipinski definition) is 7. The van der Waals surface area contributed by atoms with E-state index in [2.05, 4.69) is 16.8 Å². The van der Waals surface area contributed by atoms with E-state index in [1.165, 1.54) is 0 Å². The molecule has 4 rings (SSSR count). The predicted octanol–water partition coefficient (Wildman–Crippen LogP) is 3.75. The molecule has 1 aromatic heterocycles. The van der Waals surface area contributed by atoms with Gasteiger partial charge in [0.05, 0.1) is 26.3 Å². The van der Waals surface area contributed by atoms with E-state index in [1.807, 2.05) is 19.9 Å². The number of fused-ring (bicyclic) bond motifs is 1. The number of nitrogens with zero attached hydrogens (tertiary/aromatic N) is 2. The van der Waals surface area contributed by atoms with Gasteiger partial charge in [0.15, 0.2) is 17.1 Å². The highest BCUT2D eigenvalue weighted by Crippen LogP contribution is 2.38. The molecule has 0 saturated carbocycles. The Balaban J connectivity index is 1.83. The molecule has 32 heavy (non-hydrogen) atoms. The zero-order valence-electron chi connectivity index (χ0n) is 19.3. The molecule has 7 nitrogen and oxygen atoms in total. The second-order valence-corrected chi connectivity index (χ2v) is 8.42. The van der Waals surface area contributed by atoms with Crippen LogP contribution in [-0.4, -0.2) is 68.1 Å². The highest BCUT2D eigenvalue weighted by molar-refractivity contribution is 6.17. The predicted molar refractivity (Wildman–Crippen MR) is 123 cm³/mol. The number of aromatic hydroxyl groups is 1. The van der Waals surface area contributed by atoms with Gasteiger partial charge in [-0.25, -0.2) is 0 Å². The Kier molecular flexibility index (Phi) is 6.13. The van der Waals surface area contributed by atoms with Crippen molar-refractivity contribution in [3.8, 4) is 17.2 Å². The number of ether oxygens (including phenoxy) is 2. The van der Waals surface area contributed by atoms with Gasteiger partial charge in [0.2, 0.25) is 0 Å². The van der Waals surface area contributed by atoms with Crippen molar-refractivity contribution in [3.05, 3.63) is 52.3 Å². The lowest BCUT2D eigenvalue weighted by Gasteiger charge is -2.31. The van der Waals surface area contributed by atoms with Crippen LogP contribution in [0.4, 0.5) is 0 Å². The molecule has 0 atom stereocenters. The van der Waals surface area contributed by atoms with E-state index in [4.69, 9.17) is 13.9 Å². The molecule has 0 spiro atoms. The third-order valence-electron chi connectivity index (χ3n) is 6.31. The smallest absolute Gasteiger partial charge is 0.197 e. The number of carbonyl (C=O) groups excluding carboxylic acids is 1. The maximum absolute atomic E-state index is 13.8. The lowest BCUT2D eigenvalue weighted by Crippen LogP contribution is -2.44. The van der Waals surface area contributed by atoms with Crippen molar-refractivity contribution in [3.63, 3.8) is 0 Å². The Morgan fingerprint density at radius 2 is 1.69 bits per heavy atom. The van der Waals surface area contributed by atoms with Gasteiger partial charge in [-0.05, 0) is 44.7 Å². The minimum Gasteiger partial charge on any atom is -0.504 e. The van der Waals surface area contributed by atoms with Gasteiger partial charge in [0.1, 0.15) is 17.3 Å². The SMILES string of the molecule is COc1cc(C(=O)c2c(CN3CCN(C)CC3)oc3c(O)c(C)ccc23)cc(OC)c1C. The van der Waals surface area contributed by atoms with Crippen LogP contribution < -0.4 is 9.47 Å². The maximum atomic E-state index is 13.8. The van der Waals surface area contributed by atoms with E-state index in [1.54, 1.807) is 32.4 Å². The average molecular weight is 439 g/mol. The van der Waals surface area contributed by atoms with Gasteiger partial charge < -0.3 is 23.9 Å². The van der Waals surface area contributed by atoms with Gasteiger partial charge in [-0.15, -0.1) is 0 Å². The number of carbonyl (C=O) groups is 1. The van der Waals surface area contributed by atoms with Gasteiger partial charge in [-0.1, -0.05) is 6.07 Å². The first-order chi connectivity index (χ1) is 15.3. The third kappa shape index (κ3) is 3.94. The van der Waals surface area contributed by atoms with E-state index in [-0.39, 0.29) is 11.5 Å². The van der Waals surface area contributed by atoms with Crippen molar-refractivity contribution in [1.29, 1.82) is 0 Å². The highest BCUT2D eigenvalue weighted by atomic mass is 16.5. The summed E-state index contributed by atoms with van der Waals surface area (Å²) < 4.78 is 17.1. The average Bonchev–Trinajstić information content (AvgIpc) is 3.16. The monoisotopic (exact) mass is 438 g/mol. The summed E-state index contributed by atoms with van der Waals surface area (Å²) in [4.78, 5) is 18.4. The molecule has 0 unspecified atom stereocenters. The van der Waals surface area contributed by atoms with Gasteiger partial charge in [0.25, 0.3) is 0 Å². The Morgan fingerprint density at radius 1 is 1.06 bits per heavy atom. The minimum absolute atomic E-state index is 0.0697. The fourth-order valence-electron chi connectivity index (χ4n) is 4.23. The molecular weight excluding hydrogens is 408 g/mol. The largest absolute Gasteiger partial charge is 0.504 e. The molecule has 7 heteroatoms. The molecule has 170 valence electrons. The Morgan fingerprint density at radius 3 is 2.28 bits per heavy atom. The van der Waals surface area contributed by atoms with Crippen LogP contribution in [0.15, 0.2) is 28.7 Å². The topological polar surface area (TPSA) is 75.4 Å². The second kappa shape index (κ2) is 8.84. The molecule has 1 saturated heterocycles. The van der Waals surface area contributed by atoms with Crippen molar-refractivity contribution in [2.75, 3.05) is 47.4 Å². The standard InChI is InChI=1S/C25H30N2O5/c1-15-6-7-18-22(24(29)17-12-19(30-4)16(2)20(13-17)31-5)21(32-25(18)23(15)28)14-27-10-8-26(3)9-11-27/h6-7,12-13,28H,8-11,14H2,1-5H3. The highest BCUT2D eigenvalue weighted by Gasteiger charge is 2.27. The van der Waals surface area contributed by atoms with Crippen LogP contribution in [0.2, 0.25) is 0 Å². The lowest BCUT2D eigenvalue weighted by molar-refractivity contribution is 0.103. The third-order valence-corrected chi connectivity index (χ3v) is 6.31. The molecule has 3 aromatic rings. The van der Waals surface area contributed by atoms with Crippen LogP contribution in [0.25, 0.3) is 11.0 Å². The number of benzene rings is 2. The summed E-state index contributed by atoms with van der Waals surface area (Å²) in [5.41, 5.74) is 2.81. The van der Waals surface area contributed by atoms with Crippen molar-refractivity contribution in [2.24, 2.45) is 0 Å². The summed E-state index contributed by atoms with van der Waals surface area (Å²) >= 11 is 0. The first-order valence-corrected chi connectivity index (χ1v) is 10.8. The van der Waals surface area contributed by atoms with Crippen LogP contribution in [0.5, 0.6) is 17.2 Å². The lowest BCUT2D eigenvalue weighted by atomic mass is 9.97. The Labute approximate surface area is 188 Å². The normalized spacial score (nSPS) is 15.3. The summed E-state index contributed by atoms with van der Waals surface area (Å²) in [5.74, 6) is 1.61. The van der Waals surface area contributed by atoms with Crippen LogP contribution in [0.3, 0.4) is 0 Å². The molecular formula is C25H30N2O5. The zero-order valence-corrected chi connectivity index (χ0v) is 19.3. The second-order valence-electron chi connectivity index (χ2n) is 8.42. The van der Waals surface area contributed by atoms with Crippen LogP contribution in [-0.2, 0) is 6.54 Å². The van der Waals surface area contributed by atoms with Gasteiger partial charge in [0, 0.05) is 42.7 Å². The molecule has 1 fully saturated rings. The molecule has 2 heterocycles. The van der Waals surface area contributed by atoms with E-state index in [9.17, 15) is 9.90 Å². The van der Waals surface area contributed by atoms with E-state index in [0.29, 0.717) is 51.5 Å². The number of likely N-dealkylation sites (N-methyl/N-ethyl adjacent to an activating group) is 1. The van der Waals surface area contributed by atoms with Gasteiger partial charge in [-0.2, -0.15) is 0 Å². The van der Waals surface area contributed by atoms with Gasteiger partial charge in [-0.3, -0.25) is 9.69 Å². The first-order valence-electron chi connectivity index (χ1n) is 10.8. The summed E-state index contributed by atoms with van der Waals surface area (Å²) in [6.07, 6.45) is 0. The molecule has 1 aliphatic heterocycles. The quantitative estimate of drug-likeness (QED) is 0.588. The number of phenols is 1. The van der Waals surface area contributed by atoms with E-state index < -0.39 is 0 Å². The van der Waals surface area contributed by atoms with Crippen molar-refractivity contribution in [1.82, 2.24) is 9.80 Å². The van der Waals surface area contributed by atoms with E-state index in [0.717, 1.165) is 31.7 Å². The number of furan rings is 1. The van der Waals surface area contributed by atoms with E-state index >= 15 is 0 Å². The Bertz CT molecular complexity index is 1130. The number of phenolic OH excluding ortho intramolecular Hbond substituents is 1. The number of piperazine rings is 1. The number of hydrogen-bond donors (Lipinski definition) is 1. The molecule has 0 aliphatic carbocycles. The number of methoxy groups -OCH3 is 2. The zero-order chi connectivity index (χ0) is 23.0. The molecule has 1 aliphatic rings. The molecule has 2 aromatic carbocycles. The van der Waals surface area contributed by atoms with Crippen LogP contribution in [0, 0.1) is 13.8 Å². The van der Waals surface area contributed by atoms with Crippen LogP contribution >= 0.6 is 0 Å². The molecule has 0 radical (unpaired) electrons. The van der Waals surface area contributed by atoms with Gasteiger partial charge >= 0.3 is 0 Å². The molecule has 1 N–H and O–H groups in total. The van der Waals surface area contributed by atoms with Crippen LogP contribution in [0.1, 0.15) is 32.8 Å². The number of ketones is 1. The summed E-state index contributed by atoms with van der Waals surface area (Å²) in [6, 6.07) is 7.11. The summed E-state index contributed by atoms with van der Waals surface area (Å²) in [6.45, 7) is 7.90. The summed E-state index contributed by atoms with van der Waals surface area (Å²) in [5, 5.41) is 11.2. The Hall–Kier alpha value is -3.03. The number of aryl methyl sites for hydroxylation is 1. The minimum atomic E-state index is -0.187. The van der Waals surface area contributed by atoms with Crippen molar-refractivity contribution in [2.45, 2.75) is 20.4 Å². The van der Waals surface area contributed by atoms with Crippen molar-refractivity contribution < 1.29 is 23.8 Å². The fraction of sp³-hybridized carbons (Fsp3) is 0.400. The summed E-state index contributed by atoms with van der Waals surface area (Å²) in [7, 11) is 5.25. The molecule has 0 amide bonds. The molecule has 0 bridgehead atoms. The fourth-order valence-corrected chi connectivity index (χ4v) is 4.23. The first kappa shape index (κ1) is 22.2. The van der Waals surface area contributed by atoms with Crippen molar-refractivity contribution >= 4 is 16.8 Å².